The van der Waals surface area contributed by atoms with Crippen molar-refractivity contribution in [2.24, 2.45) is 5.92 Å². The average Bonchev–Trinajstić information content (AvgIpc) is 3.11. The van der Waals surface area contributed by atoms with Gasteiger partial charge in [0.05, 0.1) is 6.04 Å². The summed E-state index contributed by atoms with van der Waals surface area (Å²) >= 11 is 0. The van der Waals surface area contributed by atoms with Crippen molar-refractivity contribution in [1.82, 2.24) is 9.80 Å². The third-order valence-electron chi connectivity index (χ3n) is 6.59. The first-order valence-corrected chi connectivity index (χ1v) is 9.68. The second-order valence-electron chi connectivity index (χ2n) is 7.99. The molecule has 0 N–H and O–H groups in total. The molecule has 3 atom stereocenters. The Hall–Kier alpha value is -2.27. The molecule has 0 aromatic heterocycles. The van der Waals surface area contributed by atoms with Crippen LogP contribution in [0.3, 0.4) is 0 Å². The molecule has 3 nitrogen and oxygen atoms in total. The average molecular weight is 368 g/mol. The van der Waals surface area contributed by atoms with E-state index >= 15 is 0 Å². The first-order valence-electron chi connectivity index (χ1n) is 9.68. The number of benzene rings is 2. The van der Waals surface area contributed by atoms with Crippen molar-refractivity contribution in [2.45, 2.75) is 30.8 Å². The van der Waals surface area contributed by atoms with E-state index in [-0.39, 0.29) is 23.9 Å². The van der Waals surface area contributed by atoms with E-state index in [9.17, 15) is 13.6 Å². The Morgan fingerprint density at radius 1 is 0.926 bits per heavy atom. The molecule has 1 amide bonds. The van der Waals surface area contributed by atoms with Crippen molar-refractivity contribution in [3.8, 4) is 0 Å². The van der Waals surface area contributed by atoms with Crippen molar-refractivity contribution in [2.75, 3.05) is 19.6 Å². The minimum absolute atomic E-state index is 0.0266. The highest BCUT2D eigenvalue weighted by molar-refractivity contribution is 5.94. The third-order valence-corrected chi connectivity index (χ3v) is 6.59. The zero-order valence-corrected chi connectivity index (χ0v) is 15.0. The lowest BCUT2D eigenvalue weighted by atomic mass is 9.75. The molecule has 4 aliphatic rings. The van der Waals surface area contributed by atoms with Crippen LogP contribution in [0.15, 0.2) is 48.5 Å². The molecule has 0 unspecified atom stereocenters. The molecule has 140 valence electrons. The largest absolute Gasteiger partial charge is 0.333 e. The summed E-state index contributed by atoms with van der Waals surface area (Å²) in [7, 11) is 0. The number of rotatable bonds is 2. The summed E-state index contributed by atoms with van der Waals surface area (Å²) in [5, 5.41) is 0. The normalized spacial score (nSPS) is 31.8. The number of hydrogen-bond donors (Lipinski definition) is 0. The van der Waals surface area contributed by atoms with Crippen molar-refractivity contribution in [3.63, 3.8) is 0 Å². The lowest BCUT2D eigenvalue weighted by Gasteiger charge is -2.51. The maximum absolute atomic E-state index is 13.9. The minimum atomic E-state index is -0.551. The van der Waals surface area contributed by atoms with E-state index in [2.05, 4.69) is 4.90 Å². The fourth-order valence-electron chi connectivity index (χ4n) is 5.48. The van der Waals surface area contributed by atoms with Gasteiger partial charge in [-0.25, -0.2) is 8.78 Å². The molecule has 6 rings (SSSR count). The molecular weight excluding hydrogens is 346 g/mol. The zero-order valence-electron chi connectivity index (χ0n) is 15.0. The van der Waals surface area contributed by atoms with E-state index < -0.39 is 11.6 Å². The van der Waals surface area contributed by atoms with Crippen molar-refractivity contribution in [1.29, 1.82) is 0 Å². The second kappa shape index (κ2) is 6.41. The quantitative estimate of drug-likeness (QED) is 0.808. The van der Waals surface area contributed by atoms with E-state index in [0.717, 1.165) is 32.0 Å². The zero-order chi connectivity index (χ0) is 18.5. The molecule has 0 spiro atoms. The first kappa shape index (κ1) is 16.9. The molecule has 27 heavy (non-hydrogen) atoms. The second-order valence-corrected chi connectivity index (χ2v) is 7.99. The molecule has 2 bridgehead atoms. The van der Waals surface area contributed by atoms with Gasteiger partial charge in [-0.2, -0.15) is 0 Å². The molecule has 5 heteroatoms. The number of piperidine rings is 3. The number of nitrogens with zero attached hydrogens (tertiary/aromatic N) is 2. The monoisotopic (exact) mass is 368 g/mol. The number of fused-ring (bicyclic) bond motifs is 2. The maximum Gasteiger partial charge on any atom is 0.254 e. The highest BCUT2D eigenvalue weighted by Crippen LogP contribution is 2.47. The van der Waals surface area contributed by atoms with Gasteiger partial charge in [0.2, 0.25) is 0 Å². The standard InChI is InChI=1S/C22H22F2N2O/c23-17-10-16(11-18(24)12-17)19-13-26(22(27)15-4-2-1-3-5-15)20-14-6-8-25(9-7-14)21(19)20/h1-5,10-12,14,19-21H,6-9,13H2/t19-,20+,21+/m1/s1. The lowest BCUT2D eigenvalue weighted by molar-refractivity contribution is -0.00343. The Bertz CT molecular complexity index is 844. The fourth-order valence-corrected chi connectivity index (χ4v) is 5.48. The van der Waals surface area contributed by atoms with Crippen LogP contribution >= 0.6 is 0 Å². The molecular formula is C22H22F2N2O. The Morgan fingerprint density at radius 3 is 2.26 bits per heavy atom. The van der Waals surface area contributed by atoms with Crippen molar-refractivity contribution < 1.29 is 13.6 Å². The summed E-state index contributed by atoms with van der Waals surface area (Å²) in [6, 6.07) is 13.4. The van der Waals surface area contributed by atoms with Crippen LogP contribution in [0.2, 0.25) is 0 Å². The van der Waals surface area contributed by atoms with Crippen LogP contribution in [0.1, 0.15) is 34.7 Å². The number of carbonyl (C=O) groups excluding carboxylic acids is 1. The summed E-state index contributed by atoms with van der Waals surface area (Å²) < 4.78 is 27.8. The predicted molar refractivity (Wildman–Crippen MR) is 98.5 cm³/mol. The number of likely N-dealkylation sites (tertiary alicyclic amines) is 1. The van der Waals surface area contributed by atoms with E-state index in [1.54, 1.807) is 0 Å². The van der Waals surface area contributed by atoms with Gasteiger partial charge in [0, 0.05) is 30.1 Å². The molecule has 4 saturated heterocycles. The van der Waals surface area contributed by atoms with Crippen LogP contribution in [-0.4, -0.2) is 47.4 Å². The smallest absolute Gasteiger partial charge is 0.254 e. The minimum Gasteiger partial charge on any atom is -0.333 e. The van der Waals surface area contributed by atoms with Gasteiger partial charge in [-0.05, 0) is 61.7 Å². The van der Waals surface area contributed by atoms with Crippen molar-refractivity contribution in [3.05, 3.63) is 71.3 Å². The van der Waals surface area contributed by atoms with Crippen LogP contribution in [0.25, 0.3) is 0 Å². The highest BCUT2D eigenvalue weighted by atomic mass is 19.1. The molecule has 0 aliphatic carbocycles. The molecule has 2 aromatic carbocycles. The van der Waals surface area contributed by atoms with Gasteiger partial charge in [-0.3, -0.25) is 9.69 Å². The maximum atomic E-state index is 13.9. The van der Waals surface area contributed by atoms with E-state index in [1.807, 2.05) is 35.2 Å². The molecule has 0 radical (unpaired) electrons. The summed E-state index contributed by atoms with van der Waals surface area (Å²) in [4.78, 5) is 17.7. The fraction of sp³-hybridized carbons (Fsp3) is 0.409. The van der Waals surface area contributed by atoms with E-state index in [1.165, 1.54) is 12.1 Å². The number of halogens is 2. The summed E-state index contributed by atoms with van der Waals surface area (Å²) in [5.41, 5.74) is 1.34. The van der Waals surface area contributed by atoms with Crippen molar-refractivity contribution >= 4 is 5.91 Å². The lowest BCUT2D eigenvalue weighted by Crippen LogP contribution is -2.60. The number of carbonyl (C=O) groups is 1. The molecule has 4 fully saturated rings. The molecule has 0 saturated carbocycles. The Morgan fingerprint density at radius 2 is 1.59 bits per heavy atom. The van der Waals surface area contributed by atoms with Crippen LogP contribution in [-0.2, 0) is 0 Å². The number of hydrogen-bond acceptors (Lipinski definition) is 2. The number of amides is 1. The predicted octanol–water partition coefficient (Wildman–Crippen LogP) is 3.67. The highest BCUT2D eigenvalue weighted by Gasteiger charge is 2.54. The van der Waals surface area contributed by atoms with Crippen LogP contribution in [0.4, 0.5) is 8.78 Å². The summed E-state index contributed by atoms with van der Waals surface area (Å²) in [6.45, 7) is 2.53. The van der Waals surface area contributed by atoms with Gasteiger partial charge in [0.25, 0.3) is 5.91 Å². The first-order chi connectivity index (χ1) is 13.1. The summed E-state index contributed by atoms with van der Waals surface area (Å²) in [6.07, 6.45) is 2.17. The van der Waals surface area contributed by atoms with Crippen LogP contribution in [0, 0.1) is 17.6 Å². The summed E-state index contributed by atoms with van der Waals surface area (Å²) in [5.74, 6) is -0.665. The van der Waals surface area contributed by atoms with Gasteiger partial charge in [-0.15, -0.1) is 0 Å². The van der Waals surface area contributed by atoms with Gasteiger partial charge in [-0.1, -0.05) is 18.2 Å². The van der Waals surface area contributed by atoms with Gasteiger partial charge >= 0.3 is 0 Å². The van der Waals surface area contributed by atoms with Gasteiger partial charge < -0.3 is 4.90 Å². The molecule has 4 heterocycles. The van der Waals surface area contributed by atoms with Crippen LogP contribution in [0.5, 0.6) is 0 Å². The van der Waals surface area contributed by atoms with E-state index in [0.29, 0.717) is 23.6 Å². The van der Waals surface area contributed by atoms with Gasteiger partial charge in [0.1, 0.15) is 11.6 Å². The topological polar surface area (TPSA) is 23.6 Å². The van der Waals surface area contributed by atoms with Gasteiger partial charge in [0.15, 0.2) is 0 Å². The Kier molecular flexibility index (Phi) is 4.01. The Labute approximate surface area is 157 Å². The molecule has 2 aromatic rings. The third kappa shape index (κ3) is 2.76. The van der Waals surface area contributed by atoms with E-state index in [4.69, 9.17) is 0 Å². The van der Waals surface area contributed by atoms with Crippen LogP contribution < -0.4 is 0 Å². The molecule has 4 aliphatic heterocycles. The SMILES string of the molecule is O=C(c1ccccc1)N1C[C@H](c2cc(F)cc(F)c2)[C@H]2[C@@H]1C1CCN2CC1. The Balaban J connectivity index is 1.55.